The topological polar surface area (TPSA) is 41.3 Å². The van der Waals surface area contributed by atoms with E-state index < -0.39 is 6.10 Å². The van der Waals surface area contributed by atoms with Crippen LogP contribution < -0.4 is 0 Å². The highest BCUT2D eigenvalue weighted by atomic mass is 16.3. The van der Waals surface area contributed by atoms with Crippen LogP contribution in [0.25, 0.3) is 0 Å². The Balaban J connectivity index is 2.14. The van der Waals surface area contributed by atoms with Crippen molar-refractivity contribution in [3.8, 4) is 0 Å². The number of aryl methyl sites for hydroxylation is 1. The van der Waals surface area contributed by atoms with Crippen LogP contribution in [0.5, 0.6) is 0 Å². The van der Waals surface area contributed by atoms with Crippen LogP contribution in [-0.2, 0) is 6.54 Å². The van der Waals surface area contributed by atoms with Gasteiger partial charge < -0.3 is 5.11 Å². The lowest BCUT2D eigenvalue weighted by Crippen LogP contribution is -2.46. The minimum Gasteiger partial charge on any atom is -0.386 e. The van der Waals surface area contributed by atoms with Crippen LogP contribution >= 0.6 is 0 Å². The predicted octanol–water partition coefficient (Wildman–Crippen LogP) is 1.81. The smallest absolute Gasteiger partial charge is 0.0998 e. The number of hydrogen-bond donors (Lipinski definition) is 1. The standard InChI is InChI=1S/C13H23N3O/c1-4-16-10-11(9-14-16)12(17)13(2,3)15-7-5-6-8-15/h9-10,12,17H,4-8H2,1-3H3. The molecule has 1 fully saturated rings. The van der Waals surface area contributed by atoms with E-state index >= 15 is 0 Å². The maximum atomic E-state index is 10.5. The van der Waals surface area contributed by atoms with E-state index in [1.807, 2.05) is 10.9 Å². The summed E-state index contributed by atoms with van der Waals surface area (Å²) in [6, 6.07) is 0. The molecule has 96 valence electrons. The Labute approximate surface area is 103 Å². The Hall–Kier alpha value is -0.870. The molecule has 1 aliphatic rings. The summed E-state index contributed by atoms with van der Waals surface area (Å²) < 4.78 is 1.86. The summed E-state index contributed by atoms with van der Waals surface area (Å²) in [5, 5.41) is 14.8. The first kappa shape index (κ1) is 12.6. The Morgan fingerprint density at radius 2 is 2.06 bits per heavy atom. The van der Waals surface area contributed by atoms with Crippen LogP contribution in [-0.4, -0.2) is 38.4 Å². The van der Waals surface area contributed by atoms with Crippen molar-refractivity contribution >= 4 is 0 Å². The molecule has 0 saturated carbocycles. The van der Waals surface area contributed by atoms with Crippen molar-refractivity contribution in [1.82, 2.24) is 14.7 Å². The van der Waals surface area contributed by atoms with Crippen molar-refractivity contribution in [2.24, 2.45) is 0 Å². The summed E-state index contributed by atoms with van der Waals surface area (Å²) in [4.78, 5) is 2.38. The SMILES string of the molecule is CCn1cc(C(O)C(C)(C)N2CCCC2)cn1. The first-order valence-corrected chi connectivity index (χ1v) is 6.51. The highest BCUT2D eigenvalue weighted by Gasteiger charge is 2.37. The van der Waals surface area contributed by atoms with Crippen LogP contribution in [0.2, 0.25) is 0 Å². The van der Waals surface area contributed by atoms with E-state index in [-0.39, 0.29) is 5.54 Å². The van der Waals surface area contributed by atoms with Gasteiger partial charge in [-0.25, -0.2) is 0 Å². The van der Waals surface area contributed by atoms with Crippen molar-refractivity contribution in [2.75, 3.05) is 13.1 Å². The molecule has 1 aromatic rings. The molecule has 2 heterocycles. The lowest BCUT2D eigenvalue weighted by atomic mass is 9.91. The molecule has 4 nitrogen and oxygen atoms in total. The molecule has 1 N–H and O–H groups in total. The van der Waals surface area contributed by atoms with Gasteiger partial charge >= 0.3 is 0 Å². The fraction of sp³-hybridized carbons (Fsp3) is 0.769. The average Bonchev–Trinajstić information content (AvgIpc) is 2.99. The van der Waals surface area contributed by atoms with Crippen LogP contribution in [0.15, 0.2) is 12.4 Å². The van der Waals surface area contributed by atoms with Gasteiger partial charge in [-0.15, -0.1) is 0 Å². The van der Waals surface area contributed by atoms with Gasteiger partial charge in [0, 0.05) is 23.8 Å². The van der Waals surface area contributed by atoms with Gasteiger partial charge in [-0.05, 0) is 46.7 Å². The minimum absolute atomic E-state index is 0.210. The van der Waals surface area contributed by atoms with Crippen LogP contribution in [0.1, 0.15) is 45.3 Å². The monoisotopic (exact) mass is 237 g/mol. The van der Waals surface area contributed by atoms with E-state index in [1.165, 1.54) is 12.8 Å². The molecule has 2 rings (SSSR count). The normalized spacial score (nSPS) is 19.8. The second-order valence-corrected chi connectivity index (χ2v) is 5.38. The summed E-state index contributed by atoms with van der Waals surface area (Å²) in [5.41, 5.74) is 0.710. The molecule has 0 spiro atoms. The van der Waals surface area contributed by atoms with Crippen molar-refractivity contribution in [2.45, 2.75) is 51.8 Å². The maximum Gasteiger partial charge on any atom is 0.0998 e. The molecule has 0 aromatic carbocycles. The van der Waals surface area contributed by atoms with Crippen LogP contribution in [0.4, 0.5) is 0 Å². The Morgan fingerprint density at radius 3 is 2.59 bits per heavy atom. The van der Waals surface area contributed by atoms with Crippen LogP contribution in [0, 0.1) is 0 Å². The zero-order valence-corrected chi connectivity index (χ0v) is 11.1. The molecule has 1 unspecified atom stereocenters. The molecule has 0 bridgehead atoms. The first-order valence-electron chi connectivity index (χ1n) is 6.51. The number of aliphatic hydroxyl groups excluding tert-OH is 1. The van der Waals surface area contributed by atoms with Crippen molar-refractivity contribution < 1.29 is 5.11 Å². The zero-order valence-electron chi connectivity index (χ0n) is 11.1. The van der Waals surface area contributed by atoms with Gasteiger partial charge in [0.15, 0.2) is 0 Å². The fourth-order valence-electron chi connectivity index (χ4n) is 2.57. The molecule has 4 heteroatoms. The van der Waals surface area contributed by atoms with Crippen LogP contribution in [0.3, 0.4) is 0 Å². The second-order valence-electron chi connectivity index (χ2n) is 5.38. The predicted molar refractivity (Wildman–Crippen MR) is 67.7 cm³/mol. The Bertz CT molecular complexity index is 366. The number of hydrogen-bond acceptors (Lipinski definition) is 3. The molecule has 1 atom stereocenters. The quantitative estimate of drug-likeness (QED) is 0.868. The van der Waals surface area contributed by atoms with E-state index in [9.17, 15) is 5.11 Å². The summed E-state index contributed by atoms with van der Waals surface area (Å²) in [7, 11) is 0. The zero-order chi connectivity index (χ0) is 12.5. The first-order chi connectivity index (χ1) is 8.05. The van der Waals surface area contributed by atoms with Gasteiger partial charge in [0.25, 0.3) is 0 Å². The molecular weight excluding hydrogens is 214 g/mol. The molecule has 1 aromatic heterocycles. The van der Waals surface area contributed by atoms with Crippen molar-refractivity contribution in [3.05, 3.63) is 18.0 Å². The lowest BCUT2D eigenvalue weighted by molar-refractivity contribution is 0.00127. The number of rotatable bonds is 4. The van der Waals surface area contributed by atoms with Gasteiger partial charge in [-0.1, -0.05) is 0 Å². The number of aromatic nitrogens is 2. The maximum absolute atomic E-state index is 10.5. The van der Waals surface area contributed by atoms with Gasteiger partial charge in [0.05, 0.1) is 12.3 Å². The summed E-state index contributed by atoms with van der Waals surface area (Å²) >= 11 is 0. The highest BCUT2D eigenvalue weighted by molar-refractivity contribution is 5.14. The minimum atomic E-state index is -0.471. The van der Waals surface area contributed by atoms with Gasteiger partial charge in [-0.3, -0.25) is 9.58 Å². The second kappa shape index (κ2) is 4.78. The summed E-state index contributed by atoms with van der Waals surface area (Å²) in [6.45, 7) is 9.31. The number of nitrogens with zero attached hydrogens (tertiary/aromatic N) is 3. The van der Waals surface area contributed by atoms with E-state index in [2.05, 4.69) is 30.8 Å². The van der Waals surface area contributed by atoms with E-state index in [4.69, 9.17) is 0 Å². The van der Waals surface area contributed by atoms with Gasteiger partial charge in [-0.2, -0.15) is 5.10 Å². The number of aliphatic hydroxyl groups is 1. The largest absolute Gasteiger partial charge is 0.386 e. The van der Waals surface area contributed by atoms with E-state index in [0.29, 0.717) is 0 Å². The Morgan fingerprint density at radius 1 is 1.41 bits per heavy atom. The highest BCUT2D eigenvalue weighted by Crippen LogP contribution is 2.33. The Kier molecular flexibility index (Phi) is 3.54. The van der Waals surface area contributed by atoms with E-state index in [1.54, 1.807) is 6.20 Å². The number of likely N-dealkylation sites (tertiary alicyclic amines) is 1. The van der Waals surface area contributed by atoms with E-state index in [0.717, 1.165) is 25.2 Å². The molecule has 0 aliphatic carbocycles. The molecule has 17 heavy (non-hydrogen) atoms. The van der Waals surface area contributed by atoms with Crippen molar-refractivity contribution in [3.63, 3.8) is 0 Å². The third kappa shape index (κ3) is 2.38. The molecule has 0 radical (unpaired) electrons. The lowest BCUT2D eigenvalue weighted by Gasteiger charge is -2.39. The third-order valence-corrected chi connectivity index (χ3v) is 3.88. The third-order valence-electron chi connectivity index (χ3n) is 3.88. The summed E-state index contributed by atoms with van der Waals surface area (Å²) in [6.07, 6.45) is 5.74. The molecule has 1 aliphatic heterocycles. The summed E-state index contributed by atoms with van der Waals surface area (Å²) in [5.74, 6) is 0. The molecule has 1 saturated heterocycles. The average molecular weight is 237 g/mol. The molecule has 0 amide bonds. The van der Waals surface area contributed by atoms with Gasteiger partial charge in [0.2, 0.25) is 0 Å². The van der Waals surface area contributed by atoms with Gasteiger partial charge in [0.1, 0.15) is 0 Å². The molecular formula is C13H23N3O. The van der Waals surface area contributed by atoms with Crippen molar-refractivity contribution in [1.29, 1.82) is 0 Å². The fourth-order valence-corrected chi connectivity index (χ4v) is 2.57.